The summed E-state index contributed by atoms with van der Waals surface area (Å²) in [6.07, 6.45) is 1.37. The van der Waals surface area contributed by atoms with Crippen LogP contribution in [-0.2, 0) is 20.7 Å². The zero-order chi connectivity index (χ0) is 13.2. The maximum atomic E-state index is 12.5. The summed E-state index contributed by atoms with van der Waals surface area (Å²) in [4.78, 5) is 14.3. The summed E-state index contributed by atoms with van der Waals surface area (Å²) in [7, 11) is 0. The van der Waals surface area contributed by atoms with Crippen LogP contribution in [0.3, 0.4) is 0 Å². The minimum atomic E-state index is -0.485. The monoisotopic (exact) mass is 298 g/mol. The second-order valence-electron chi connectivity index (χ2n) is 4.87. The second-order valence-corrected chi connectivity index (χ2v) is 4.87. The normalized spacial score (nSPS) is 21.8. The third-order valence-electron chi connectivity index (χ3n) is 3.64. The van der Waals surface area contributed by atoms with Gasteiger partial charge in [-0.1, -0.05) is 6.07 Å². The molecule has 0 bridgehead atoms. The first-order chi connectivity index (χ1) is 9.27. The zero-order valence-corrected chi connectivity index (χ0v) is 12.0. The SMILES string of the molecule is Cl.Nc1cccc2c1CCCN2C(=O)C1COCCO1. The fourth-order valence-corrected chi connectivity index (χ4v) is 2.68. The molecule has 0 saturated carbocycles. The third-order valence-corrected chi connectivity index (χ3v) is 3.64. The molecule has 0 spiro atoms. The van der Waals surface area contributed by atoms with Crippen LogP contribution < -0.4 is 10.6 Å². The van der Waals surface area contributed by atoms with Crippen molar-refractivity contribution in [3.8, 4) is 0 Å². The molecular weight excluding hydrogens is 280 g/mol. The number of amides is 1. The molecule has 2 aliphatic heterocycles. The molecule has 1 unspecified atom stereocenters. The van der Waals surface area contributed by atoms with Crippen molar-refractivity contribution in [1.82, 2.24) is 0 Å². The van der Waals surface area contributed by atoms with Crippen molar-refractivity contribution < 1.29 is 14.3 Å². The van der Waals surface area contributed by atoms with Crippen LogP contribution in [0, 0.1) is 0 Å². The highest BCUT2D eigenvalue weighted by Crippen LogP contribution is 2.31. The topological polar surface area (TPSA) is 64.8 Å². The average Bonchev–Trinajstić information content (AvgIpc) is 2.47. The smallest absolute Gasteiger partial charge is 0.258 e. The van der Waals surface area contributed by atoms with Gasteiger partial charge in [0.2, 0.25) is 0 Å². The van der Waals surface area contributed by atoms with Crippen LogP contribution >= 0.6 is 12.4 Å². The Morgan fingerprint density at radius 2 is 2.20 bits per heavy atom. The van der Waals surface area contributed by atoms with Gasteiger partial charge in [0, 0.05) is 17.9 Å². The number of benzene rings is 1. The summed E-state index contributed by atoms with van der Waals surface area (Å²) in [5.74, 6) is -0.0220. The van der Waals surface area contributed by atoms with Crippen molar-refractivity contribution in [3.63, 3.8) is 0 Å². The van der Waals surface area contributed by atoms with Gasteiger partial charge < -0.3 is 20.1 Å². The predicted molar refractivity (Wildman–Crippen MR) is 79.3 cm³/mol. The first-order valence-electron chi connectivity index (χ1n) is 6.65. The molecule has 2 heterocycles. The van der Waals surface area contributed by atoms with E-state index in [4.69, 9.17) is 15.2 Å². The predicted octanol–water partition coefficient (Wildman–Crippen LogP) is 1.39. The van der Waals surface area contributed by atoms with Crippen LogP contribution in [0.2, 0.25) is 0 Å². The number of nitrogens with zero attached hydrogens (tertiary/aromatic N) is 1. The van der Waals surface area contributed by atoms with E-state index < -0.39 is 6.10 Å². The molecule has 5 nitrogen and oxygen atoms in total. The maximum Gasteiger partial charge on any atom is 0.258 e. The first kappa shape index (κ1) is 15.1. The molecule has 1 aromatic rings. The number of carbonyl (C=O) groups is 1. The van der Waals surface area contributed by atoms with Crippen molar-refractivity contribution in [1.29, 1.82) is 0 Å². The van der Waals surface area contributed by atoms with Gasteiger partial charge in [-0.15, -0.1) is 12.4 Å². The number of nitrogens with two attached hydrogens (primary N) is 1. The van der Waals surface area contributed by atoms with Gasteiger partial charge in [0.15, 0.2) is 6.10 Å². The van der Waals surface area contributed by atoms with Gasteiger partial charge in [0.25, 0.3) is 5.91 Å². The van der Waals surface area contributed by atoms with Crippen LogP contribution in [0.25, 0.3) is 0 Å². The van der Waals surface area contributed by atoms with Gasteiger partial charge in [-0.2, -0.15) is 0 Å². The third kappa shape index (κ3) is 2.75. The summed E-state index contributed by atoms with van der Waals surface area (Å²) in [6.45, 7) is 2.10. The van der Waals surface area contributed by atoms with Crippen LogP contribution in [-0.4, -0.2) is 38.4 Å². The molecule has 1 saturated heterocycles. The summed E-state index contributed by atoms with van der Waals surface area (Å²) in [5.41, 5.74) is 8.74. The van der Waals surface area contributed by atoms with Crippen molar-refractivity contribution in [2.75, 3.05) is 37.0 Å². The van der Waals surface area contributed by atoms with Gasteiger partial charge in [0.1, 0.15) is 0 Å². The second kappa shape index (κ2) is 6.43. The highest BCUT2D eigenvalue weighted by molar-refractivity contribution is 5.98. The highest BCUT2D eigenvalue weighted by atomic mass is 35.5. The average molecular weight is 299 g/mol. The van der Waals surface area contributed by atoms with Crippen LogP contribution in [0.1, 0.15) is 12.0 Å². The standard InChI is InChI=1S/C14H18N2O3.ClH/c15-11-4-1-5-12-10(11)3-2-6-16(12)14(17)13-9-18-7-8-19-13;/h1,4-5,13H,2-3,6-9,15H2;1H. The number of hydrogen-bond acceptors (Lipinski definition) is 4. The molecule has 1 atom stereocenters. The van der Waals surface area contributed by atoms with Crippen molar-refractivity contribution in [3.05, 3.63) is 23.8 Å². The van der Waals surface area contributed by atoms with Crippen LogP contribution in [0.4, 0.5) is 11.4 Å². The molecule has 1 aromatic carbocycles. The summed E-state index contributed by atoms with van der Waals surface area (Å²) in [6, 6.07) is 5.72. The Morgan fingerprint density at radius 1 is 1.35 bits per heavy atom. The number of anilines is 2. The minimum absolute atomic E-state index is 0. The first-order valence-corrected chi connectivity index (χ1v) is 6.65. The van der Waals surface area contributed by atoms with E-state index in [0.29, 0.717) is 19.8 Å². The largest absolute Gasteiger partial charge is 0.398 e. The number of fused-ring (bicyclic) bond motifs is 1. The van der Waals surface area contributed by atoms with Gasteiger partial charge in [-0.3, -0.25) is 4.79 Å². The molecule has 1 amide bonds. The summed E-state index contributed by atoms with van der Waals surface area (Å²) >= 11 is 0. The lowest BCUT2D eigenvalue weighted by Crippen LogP contribution is -2.47. The number of carbonyl (C=O) groups excluding carboxylic acids is 1. The molecule has 0 aliphatic carbocycles. The zero-order valence-electron chi connectivity index (χ0n) is 11.2. The van der Waals surface area contributed by atoms with E-state index in [2.05, 4.69) is 0 Å². The van der Waals surface area contributed by atoms with Crippen molar-refractivity contribution >= 4 is 29.7 Å². The van der Waals surface area contributed by atoms with Gasteiger partial charge in [-0.25, -0.2) is 0 Å². The van der Waals surface area contributed by atoms with E-state index in [1.54, 1.807) is 4.90 Å². The Bertz CT molecular complexity index is 489. The lowest BCUT2D eigenvalue weighted by atomic mass is 9.99. The van der Waals surface area contributed by atoms with Crippen molar-refractivity contribution in [2.24, 2.45) is 0 Å². The highest BCUT2D eigenvalue weighted by Gasteiger charge is 2.31. The molecule has 2 N–H and O–H groups in total. The molecule has 1 fully saturated rings. The summed E-state index contributed by atoms with van der Waals surface area (Å²) < 4.78 is 10.8. The number of rotatable bonds is 1. The number of nitrogen functional groups attached to an aromatic ring is 1. The van der Waals surface area contributed by atoms with E-state index >= 15 is 0 Å². The maximum absolute atomic E-state index is 12.5. The van der Waals surface area contributed by atoms with Gasteiger partial charge in [-0.05, 0) is 30.5 Å². The van der Waals surface area contributed by atoms with E-state index in [0.717, 1.165) is 36.3 Å². The van der Waals surface area contributed by atoms with Gasteiger partial charge >= 0.3 is 0 Å². The molecule has 20 heavy (non-hydrogen) atoms. The lowest BCUT2D eigenvalue weighted by Gasteiger charge is -2.33. The van der Waals surface area contributed by atoms with Crippen LogP contribution in [0.5, 0.6) is 0 Å². The minimum Gasteiger partial charge on any atom is -0.398 e. The van der Waals surface area contributed by atoms with E-state index in [1.165, 1.54) is 0 Å². The quantitative estimate of drug-likeness (QED) is 0.796. The fourth-order valence-electron chi connectivity index (χ4n) is 2.68. The Morgan fingerprint density at radius 3 is 2.95 bits per heavy atom. The molecule has 0 radical (unpaired) electrons. The summed E-state index contributed by atoms with van der Waals surface area (Å²) in [5, 5.41) is 0. The lowest BCUT2D eigenvalue weighted by molar-refractivity contribution is -0.144. The van der Waals surface area contributed by atoms with Gasteiger partial charge in [0.05, 0.1) is 19.8 Å². The Hall–Kier alpha value is -1.30. The van der Waals surface area contributed by atoms with Crippen LogP contribution in [0.15, 0.2) is 18.2 Å². The molecule has 110 valence electrons. The number of ether oxygens (including phenoxy) is 2. The molecule has 6 heteroatoms. The molecular formula is C14H19ClN2O3. The van der Waals surface area contributed by atoms with E-state index in [-0.39, 0.29) is 18.3 Å². The van der Waals surface area contributed by atoms with E-state index in [9.17, 15) is 4.79 Å². The Labute approximate surface area is 124 Å². The number of halogens is 1. The van der Waals surface area contributed by atoms with E-state index in [1.807, 2.05) is 18.2 Å². The fraction of sp³-hybridized carbons (Fsp3) is 0.500. The Kier molecular flexibility index (Phi) is 4.86. The Balaban J connectivity index is 0.00000147. The molecule has 0 aromatic heterocycles. The molecule has 2 aliphatic rings. The molecule has 3 rings (SSSR count). The number of hydrogen-bond donors (Lipinski definition) is 1. The van der Waals surface area contributed by atoms with Crippen molar-refractivity contribution in [2.45, 2.75) is 18.9 Å².